The summed E-state index contributed by atoms with van der Waals surface area (Å²) < 4.78 is 46.1. The Balaban J connectivity index is 2.36. The van der Waals surface area contributed by atoms with Gasteiger partial charge in [0.1, 0.15) is 0 Å². The van der Waals surface area contributed by atoms with Crippen LogP contribution in [-0.2, 0) is 16.1 Å². The molecular weight excluding hydrogens is 256 g/mol. The van der Waals surface area contributed by atoms with Gasteiger partial charge in [0, 0.05) is 6.54 Å². The van der Waals surface area contributed by atoms with Gasteiger partial charge in [0.05, 0.1) is 21.4 Å². The molecule has 6 heteroatoms. The van der Waals surface area contributed by atoms with Crippen LogP contribution in [0.25, 0.3) is 0 Å². The number of rotatable bonds is 3. The van der Waals surface area contributed by atoms with E-state index in [9.17, 15) is 18.7 Å². The Bertz CT molecular complexity index is 522. The highest BCUT2D eigenvalue weighted by Crippen LogP contribution is 2.31. The lowest BCUT2D eigenvalue weighted by Crippen LogP contribution is -2.61. The molecule has 1 saturated heterocycles. The Labute approximate surface area is 112 Å². The molecule has 1 heterocycles. The van der Waals surface area contributed by atoms with Crippen LogP contribution < -0.4 is 0 Å². The SMILES string of the molecule is [2H]C([2H])(O)C1C(C)OC(F)(F)C(=O)N1Cc1ccccc1. The molecule has 0 aliphatic carbocycles. The molecule has 1 aliphatic rings. The van der Waals surface area contributed by atoms with Gasteiger partial charge < -0.3 is 14.7 Å². The fourth-order valence-corrected chi connectivity index (χ4v) is 2.02. The van der Waals surface area contributed by atoms with Crippen LogP contribution in [0.15, 0.2) is 30.3 Å². The van der Waals surface area contributed by atoms with Gasteiger partial charge in [-0.15, -0.1) is 0 Å². The van der Waals surface area contributed by atoms with E-state index in [1.165, 1.54) is 6.92 Å². The number of ether oxygens (including phenoxy) is 1. The highest BCUT2D eigenvalue weighted by atomic mass is 19.3. The number of morpholine rings is 1. The zero-order valence-electron chi connectivity index (χ0n) is 12.2. The largest absolute Gasteiger partial charge is 0.437 e. The molecule has 2 atom stereocenters. The predicted octanol–water partition coefficient (Wildman–Crippen LogP) is 1.39. The molecule has 1 aromatic rings. The fourth-order valence-electron chi connectivity index (χ4n) is 2.02. The zero-order chi connectivity index (χ0) is 15.8. The van der Waals surface area contributed by atoms with Crippen LogP contribution in [0, 0.1) is 0 Å². The van der Waals surface area contributed by atoms with Gasteiger partial charge in [-0.1, -0.05) is 30.3 Å². The number of carbonyl (C=O) groups excluding carboxylic acids is 1. The summed E-state index contributed by atoms with van der Waals surface area (Å²) in [6.07, 6.45) is -5.39. The van der Waals surface area contributed by atoms with Gasteiger partial charge in [0.15, 0.2) is 0 Å². The molecule has 1 aliphatic heterocycles. The number of amides is 1. The maximum absolute atomic E-state index is 13.5. The van der Waals surface area contributed by atoms with Crippen LogP contribution >= 0.6 is 0 Å². The van der Waals surface area contributed by atoms with Crippen LogP contribution in [-0.4, -0.2) is 40.7 Å². The predicted molar refractivity (Wildman–Crippen MR) is 63.4 cm³/mol. The normalized spacial score (nSPS) is 28.8. The smallest absolute Gasteiger partial charge is 0.394 e. The van der Waals surface area contributed by atoms with Crippen molar-refractivity contribution in [2.75, 3.05) is 6.56 Å². The first-order chi connectivity index (χ1) is 9.63. The molecule has 0 bridgehead atoms. The minimum absolute atomic E-state index is 0.242. The van der Waals surface area contributed by atoms with E-state index in [0.717, 1.165) is 0 Å². The number of hydrogen-bond donors (Lipinski definition) is 1. The average molecular weight is 273 g/mol. The van der Waals surface area contributed by atoms with Crippen molar-refractivity contribution in [3.05, 3.63) is 35.9 Å². The number of alkyl halides is 2. The third-order valence-corrected chi connectivity index (χ3v) is 2.95. The van der Waals surface area contributed by atoms with Crippen LogP contribution in [0.4, 0.5) is 8.78 Å². The number of hydrogen-bond acceptors (Lipinski definition) is 3. The lowest BCUT2D eigenvalue weighted by molar-refractivity contribution is -0.286. The summed E-state index contributed by atoms with van der Waals surface area (Å²) in [6, 6.07) is 6.79. The quantitative estimate of drug-likeness (QED) is 0.905. The number of benzene rings is 1. The number of halogens is 2. The first-order valence-electron chi connectivity index (χ1n) is 6.76. The molecule has 0 saturated carbocycles. The lowest BCUT2D eigenvalue weighted by atomic mass is 10.1. The van der Waals surface area contributed by atoms with Crippen molar-refractivity contribution in [1.82, 2.24) is 4.90 Å². The molecule has 0 radical (unpaired) electrons. The van der Waals surface area contributed by atoms with Crippen LogP contribution in [0.2, 0.25) is 0 Å². The van der Waals surface area contributed by atoms with Gasteiger partial charge in [-0.3, -0.25) is 4.79 Å². The van der Waals surface area contributed by atoms with Crippen molar-refractivity contribution in [3.8, 4) is 0 Å². The van der Waals surface area contributed by atoms with Crippen LogP contribution in [0.3, 0.4) is 0 Å². The van der Waals surface area contributed by atoms with Gasteiger partial charge in [0.2, 0.25) is 0 Å². The maximum atomic E-state index is 13.5. The van der Waals surface area contributed by atoms with Crippen LogP contribution in [0.5, 0.6) is 0 Å². The second-order valence-electron chi connectivity index (χ2n) is 4.33. The van der Waals surface area contributed by atoms with E-state index in [4.69, 9.17) is 2.74 Å². The standard InChI is InChI=1S/C13H15F2NO3/c1-9-11(8-17)16(12(18)13(14,15)19-9)7-10-5-3-2-4-6-10/h2-6,9,11,17H,7-8H2,1H3/i8D2. The summed E-state index contributed by atoms with van der Waals surface area (Å²) in [7, 11) is 0. The number of nitrogens with zero attached hydrogens (tertiary/aromatic N) is 1. The molecule has 1 amide bonds. The lowest BCUT2D eigenvalue weighted by Gasteiger charge is -2.41. The molecule has 19 heavy (non-hydrogen) atoms. The summed E-state index contributed by atoms with van der Waals surface area (Å²) in [5, 5.41) is 9.56. The summed E-state index contributed by atoms with van der Waals surface area (Å²) in [5.41, 5.74) is 0.546. The van der Waals surface area contributed by atoms with E-state index in [-0.39, 0.29) is 6.54 Å². The third-order valence-electron chi connectivity index (χ3n) is 2.95. The molecule has 0 aromatic heterocycles. The summed E-state index contributed by atoms with van der Waals surface area (Å²) in [6.45, 7) is -1.91. The van der Waals surface area contributed by atoms with Gasteiger partial charge in [-0.2, -0.15) is 8.78 Å². The average Bonchev–Trinajstić information content (AvgIpc) is 2.34. The van der Waals surface area contributed by atoms with Gasteiger partial charge >= 0.3 is 12.0 Å². The molecule has 1 N–H and O–H groups in total. The van der Waals surface area contributed by atoms with Crippen molar-refractivity contribution in [2.45, 2.75) is 31.7 Å². The first-order valence-corrected chi connectivity index (χ1v) is 5.76. The summed E-state index contributed by atoms with van der Waals surface area (Å²) in [4.78, 5) is 12.5. The maximum Gasteiger partial charge on any atom is 0.437 e. The Kier molecular flexibility index (Phi) is 3.11. The minimum atomic E-state index is -4.03. The second-order valence-corrected chi connectivity index (χ2v) is 4.33. The molecular formula is C13H15F2NO3. The minimum Gasteiger partial charge on any atom is -0.394 e. The summed E-state index contributed by atoms with van der Waals surface area (Å²) in [5.74, 6) is -1.66. The molecule has 104 valence electrons. The monoisotopic (exact) mass is 273 g/mol. The van der Waals surface area contributed by atoms with Crippen molar-refractivity contribution < 1.29 is 26.2 Å². The Hall–Kier alpha value is -1.53. The van der Waals surface area contributed by atoms with Crippen LogP contribution in [0.1, 0.15) is 15.2 Å². The van der Waals surface area contributed by atoms with Crippen molar-refractivity contribution >= 4 is 5.91 Å². The van der Waals surface area contributed by atoms with E-state index in [2.05, 4.69) is 4.74 Å². The third kappa shape index (κ3) is 2.74. The van der Waals surface area contributed by atoms with E-state index in [0.29, 0.717) is 10.5 Å². The molecule has 2 rings (SSSR count). The van der Waals surface area contributed by atoms with Crippen molar-refractivity contribution in [1.29, 1.82) is 0 Å². The highest BCUT2D eigenvalue weighted by molar-refractivity contribution is 5.83. The Morgan fingerprint density at radius 3 is 2.68 bits per heavy atom. The topological polar surface area (TPSA) is 49.8 Å². The van der Waals surface area contributed by atoms with Crippen molar-refractivity contribution in [3.63, 3.8) is 0 Å². The fraction of sp³-hybridized carbons (Fsp3) is 0.462. The van der Waals surface area contributed by atoms with E-state index < -0.39 is 30.7 Å². The molecule has 0 spiro atoms. The Morgan fingerprint density at radius 2 is 2.11 bits per heavy atom. The summed E-state index contributed by atoms with van der Waals surface area (Å²) >= 11 is 0. The molecule has 1 aromatic carbocycles. The highest BCUT2D eigenvalue weighted by Gasteiger charge is 2.53. The number of carbonyl (C=O) groups is 1. The van der Waals surface area contributed by atoms with Gasteiger partial charge in [-0.05, 0) is 12.5 Å². The van der Waals surface area contributed by atoms with Gasteiger partial charge in [0.25, 0.3) is 0 Å². The molecule has 1 fully saturated rings. The van der Waals surface area contributed by atoms with Gasteiger partial charge in [-0.25, -0.2) is 0 Å². The molecule has 2 unspecified atom stereocenters. The first kappa shape index (κ1) is 11.3. The van der Waals surface area contributed by atoms with E-state index >= 15 is 0 Å². The zero-order valence-corrected chi connectivity index (χ0v) is 10.2. The second kappa shape index (κ2) is 5.22. The van der Waals surface area contributed by atoms with E-state index in [1.807, 2.05) is 0 Å². The Morgan fingerprint density at radius 1 is 1.47 bits per heavy atom. The van der Waals surface area contributed by atoms with E-state index in [1.54, 1.807) is 30.3 Å². The number of aliphatic hydroxyl groups is 1. The molecule has 4 nitrogen and oxygen atoms in total. The van der Waals surface area contributed by atoms with Crippen molar-refractivity contribution in [2.24, 2.45) is 0 Å².